The number of carbonyl (C=O) groups is 1. The molecular weight excluding hydrogens is 248 g/mol. The van der Waals surface area contributed by atoms with Crippen molar-refractivity contribution in [3.63, 3.8) is 0 Å². The van der Waals surface area contributed by atoms with Crippen molar-refractivity contribution in [1.29, 1.82) is 0 Å². The van der Waals surface area contributed by atoms with E-state index in [1.54, 1.807) is 12.1 Å². The maximum absolute atomic E-state index is 11.8. The lowest BCUT2D eigenvalue weighted by Crippen LogP contribution is -2.34. The van der Waals surface area contributed by atoms with E-state index in [4.69, 9.17) is 9.47 Å². The standard InChI is InChI=1S/C10H9BrO3/c1-13-9-5-14-8-3-2-6(11)4-7(8)10(9)12/h2-4,9H,5H2,1H3. The number of benzene rings is 1. The Morgan fingerprint density at radius 2 is 2.36 bits per heavy atom. The van der Waals surface area contributed by atoms with E-state index in [2.05, 4.69) is 15.9 Å². The number of Topliss-reactive ketones (excluding diaryl/α,β-unsaturated/α-hetero) is 1. The second kappa shape index (κ2) is 3.71. The molecule has 0 bridgehead atoms. The van der Waals surface area contributed by atoms with Crippen LogP contribution < -0.4 is 4.74 Å². The molecule has 1 atom stereocenters. The number of fused-ring (bicyclic) bond motifs is 1. The molecule has 0 saturated heterocycles. The van der Waals surface area contributed by atoms with Gasteiger partial charge in [-0.3, -0.25) is 4.79 Å². The molecule has 1 aliphatic rings. The highest BCUT2D eigenvalue weighted by Crippen LogP contribution is 2.28. The highest BCUT2D eigenvalue weighted by atomic mass is 79.9. The van der Waals surface area contributed by atoms with Gasteiger partial charge in [-0.15, -0.1) is 0 Å². The van der Waals surface area contributed by atoms with Crippen LogP contribution in [0, 0.1) is 0 Å². The van der Waals surface area contributed by atoms with Crippen molar-refractivity contribution >= 4 is 21.7 Å². The number of ketones is 1. The molecule has 1 aromatic carbocycles. The Balaban J connectivity index is 2.43. The van der Waals surface area contributed by atoms with E-state index in [9.17, 15) is 4.79 Å². The molecule has 14 heavy (non-hydrogen) atoms. The Labute approximate surface area is 90.1 Å². The summed E-state index contributed by atoms with van der Waals surface area (Å²) in [7, 11) is 1.51. The van der Waals surface area contributed by atoms with Gasteiger partial charge in [-0.1, -0.05) is 15.9 Å². The molecule has 0 aromatic heterocycles. The molecule has 0 saturated carbocycles. The highest BCUT2D eigenvalue weighted by molar-refractivity contribution is 9.10. The number of ether oxygens (including phenoxy) is 2. The van der Waals surface area contributed by atoms with Crippen LogP contribution in [-0.4, -0.2) is 25.6 Å². The van der Waals surface area contributed by atoms with Gasteiger partial charge in [-0.2, -0.15) is 0 Å². The van der Waals surface area contributed by atoms with Crippen molar-refractivity contribution in [1.82, 2.24) is 0 Å². The summed E-state index contributed by atoms with van der Waals surface area (Å²) in [5.74, 6) is 0.613. The summed E-state index contributed by atoms with van der Waals surface area (Å²) >= 11 is 3.31. The number of methoxy groups -OCH3 is 1. The summed E-state index contributed by atoms with van der Waals surface area (Å²) in [5.41, 5.74) is 0.581. The second-order valence-corrected chi connectivity index (χ2v) is 3.96. The van der Waals surface area contributed by atoms with Gasteiger partial charge in [0, 0.05) is 11.6 Å². The van der Waals surface area contributed by atoms with Crippen LogP contribution in [0.2, 0.25) is 0 Å². The number of halogens is 1. The summed E-state index contributed by atoms with van der Waals surface area (Å²) in [6, 6.07) is 5.38. The molecule has 0 spiro atoms. The lowest BCUT2D eigenvalue weighted by Gasteiger charge is -2.22. The van der Waals surface area contributed by atoms with Crippen LogP contribution in [0.25, 0.3) is 0 Å². The van der Waals surface area contributed by atoms with Crippen molar-refractivity contribution in [3.05, 3.63) is 28.2 Å². The highest BCUT2D eigenvalue weighted by Gasteiger charge is 2.28. The van der Waals surface area contributed by atoms with Crippen molar-refractivity contribution in [3.8, 4) is 5.75 Å². The monoisotopic (exact) mass is 256 g/mol. The first-order valence-electron chi connectivity index (χ1n) is 4.21. The first kappa shape index (κ1) is 9.68. The molecule has 0 aliphatic carbocycles. The molecular formula is C10H9BrO3. The minimum atomic E-state index is -0.475. The SMILES string of the molecule is COC1COc2ccc(Br)cc2C1=O. The van der Waals surface area contributed by atoms with Crippen LogP contribution in [0.3, 0.4) is 0 Å². The van der Waals surface area contributed by atoms with E-state index in [0.29, 0.717) is 17.9 Å². The van der Waals surface area contributed by atoms with Gasteiger partial charge in [-0.25, -0.2) is 0 Å². The minimum Gasteiger partial charge on any atom is -0.490 e. The summed E-state index contributed by atoms with van der Waals surface area (Å²) in [5, 5.41) is 0. The molecule has 1 aliphatic heterocycles. The first-order chi connectivity index (χ1) is 6.72. The van der Waals surface area contributed by atoms with Gasteiger partial charge in [0.2, 0.25) is 0 Å². The predicted molar refractivity (Wildman–Crippen MR) is 54.8 cm³/mol. The molecule has 2 rings (SSSR count). The Kier molecular flexibility index (Phi) is 2.56. The Morgan fingerprint density at radius 3 is 3.07 bits per heavy atom. The average Bonchev–Trinajstić information content (AvgIpc) is 2.20. The molecule has 0 N–H and O–H groups in total. The third-order valence-corrected chi connectivity index (χ3v) is 2.67. The summed E-state index contributed by atoms with van der Waals surface area (Å²) < 4.78 is 11.3. The maximum atomic E-state index is 11.8. The normalized spacial score (nSPS) is 20.1. The molecule has 4 heteroatoms. The Morgan fingerprint density at radius 1 is 1.57 bits per heavy atom. The zero-order valence-electron chi connectivity index (χ0n) is 7.62. The lowest BCUT2D eigenvalue weighted by molar-refractivity contribution is 0.0368. The van der Waals surface area contributed by atoms with Crippen LogP contribution in [0.15, 0.2) is 22.7 Å². The summed E-state index contributed by atoms with van der Waals surface area (Å²) in [6.45, 7) is 0.296. The number of hydrogen-bond acceptors (Lipinski definition) is 3. The van der Waals surface area contributed by atoms with Gasteiger partial charge in [-0.05, 0) is 18.2 Å². The predicted octanol–water partition coefficient (Wildman–Crippen LogP) is 2.04. The minimum absolute atomic E-state index is 0.0185. The zero-order valence-corrected chi connectivity index (χ0v) is 9.21. The Hall–Kier alpha value is -0.870. The van der Waals surface area contributed by atoms with Gasteiger partial charge in [0.15, 0.2) is 11.9 Å². The average molecular weight is 257 g/mol. The van der Waals surface area contributed by atoms with Crippen LogP contribution in [0.5, 0.6) is 5.75 Å². The molecule has 74 valence electrons. The number of carbonyl (C=O) groups excluding carboxylic acids is 1. The summed E-state index contributed by atoms with van der Waals surface area (Å²) in [6.07, 6.45) is -0.475. The van der Waals surface area contributed by atoms with E-state index in [1.165, 1.54) is 7.11 Å². The number of hydrogen-bond donors (Lipinski definition) is 0. The Bertz CT molecular complexity index is 376. The molecule has 1 aromatic rings. The molecule has 1 heterocycles. The maximum Gasteiger partial charge on any atom is 0.198 e. The topological polar surface area (TPSA) is 35.5 Å². The van der Waals surface area contributed by atoms with Gasteiger partial charge in [0.25, 0.3) is 0 Å². The van der Waals surface area contributed by atoms with Crippen molar-refractivity contribution in [2.75, 3.05) is 13.7 Å². The second-order valence-electron chi connectivity index (χ2n) is 3.04. The fourth-order valence-electron chi connectivity index (χ4n) is 1.41. The molecule has 3 nitrogen and oxygen atoms in total. The summed E-state index contributed by atoms with van der Waals surface area (Å²) in [4.78, 5) is 11.8. The molecule has 0 fully saturated rings. The first-order valence-corrected chi connectivity index (χ1v) is 5.01. The van der Waals surface area contributed by atoms with E-state index in [-0.39, 0.29) is 5.78 Å². The van der Waals surface area contributed by atoms with Gasteiger partial charge in [0.05, 0.1) is 5.56 Å². The third-order valence-electron chi connectivity index (χ3n) is 2.17. The van der Waals surface area contributed by atoms with Gasteiger partial charge in [0.1, 0.15) is 12.4 Å². The van der Waals surface area contributed by atoms with Gasteiger partial charge < -0.3 is 9.47 Å². The molecule has 0 radical (unpaired) electrons. The van der Waals surface area contributed by atoms with Crippen LogP contribution in [0.4, 0.5) is 0 Å². The molecule has 0 amide bonds. The van der Waals surface area contributed by atoms with E-state index >= 15 is 0 Å². The van der Waals surface area contributed by atoms with E-state index < -0.39 is 6.10 Å². The van der Waals surface area contributed by atoms with Gasteiger partial charge >= 0.3 is 0 Å². The largest absolute Gasteiger partial charge is 0.490 e. The fourth-order valence-corrected chi connectivity index (χ4v) is 1.77. The van der Waals surface area contributed by atoms with E-state index in [0.717, 1.165) is 4.47 Å². The quantitative estimate of drug-likeness (QED) is 0.772. The van der Waals surface area contributed by atoms with E-state index in [1.807, 2.05) is 6.07 Å². The van der Waals surface area contributed by atoms with Crippen molar-refractivity contribution < 1.29 is 14.3 Å². The zero-order chi connectivity index (χ0) is 10.1. The van der Waals surface area contributed by atoms with Crippen molar-refractivity contribution in [2.24, 2.45) is 0 Å². The van der Waals surface area contributed by atoms with Crippen LogP contribution in [0.1, 0.15) is 10.4 Å². The molecule has 1 unspecified atom stereocenters. The smallest absolute Gasteiger partial charge is 0.198 e. The number of rotatable bonds is 1. The van der Waals surface area contributed by atoms with Crippen LogP contribution >= 0.6 is 15.9 Å². The fraction of sp³-hybridized carbons (Fsp3) is 0.300. The van der Waals surface area contributed by atoms with Crippen LogP contribution in [-0.2, 0) is 4.74 Å². The van der Waals surface area contributed by atoms with Crippen molar-refractivity contribution in [2.45, 2.75) is 6.10 Å². The lowest BCUT2D eigenvalue weighted by atomic mass is 10.0. The third kappa shape index (κ3) is 1.55.